The SMILES string of the molecule is CC1CN(S(=O)(=O)c2cnccc2N)CCO1. The van der Waals surface area contributed by atoms with Crippen molar-refractivity contribution in [3.8, 4) is 0 Å². The number of rotatable bonds is 2. The lowest BCUT2D eigenvalue weighted by molar-refractivity contribution is 0.0102. The third-order valence-electron chi connectivity index (χ3n) is 2.64. The van der Waals surface area contributed by atoms with Gasteiger partial charge in [0.1, 0.15) is 4.90 Å². The zero-order valence-corrected chi connectivity index (χ0v) is 10.4. The first kappa shape index (κ1) is 12.3. The average molecular weight is 257 g/mol. The standard InChI is InChI=1S/C10H15N3O3S/c1-8-7-13(4-5-16-8)17(14,15)10-6-12-3-2-9(10)11/h2-3,6,8H,4-5,7H2,1H3,(H2,11,12). The molecule has 6 nitrogen and oxygen atoms in total. The van der Waals surface area contributed by atoms with Crippen molar-refractivity contribution in [2.75, 3.05) is 25.4 Å². The van der Waals surface area contributed by atoms with Gasteiger partial charge in [0, 0.05) is 25.5 Å². The summed E-state index contributed by atoms with van der Waals surface area (Å²) < 4.78 is 31.3. The molecule has 1 unspecified atom stereocenters. The third kappa shape index (κ3) is 2.41. The smallest absolute Gasteiger partial charge is 0.246 e. The van der Waals surface area contributed by atoms with E-state index in [1.165, 1.54) is 22.8 Å². The summed E-state index contributed by atoms with van der Waals surface area (Å²) in [6.07, 6.45) is 2.65. The van der Waals surface area contributed by atoms with E-state index in [0.29, 0.717) is 19.7 Å². The molecule has 0 amide bonds. The van der Waals surface area contributed by atoms with Crippen molar-refractivity contribution in [2.45, 2.75) is 17.9 Å². The molecule has 17 heavy (non-hydrogen) atoms. The van der Waals surface area contributed by atoms with Crippen LogP contribution >= 0.6 is 0 Å². The number of nitrogen functional groups attached to an aromatic ring is 1. The quantitative estimate of drug-likeness (QED) is 0.810. The van der Waals surface area contributed by atoms with Gasteiger partial charge in [-0.15, -0.1) is 0 Å². The van der Waals surface area contributed by atoms with Crippen LogP contribution in [-0.4, -0.2) is 43.5 Å². The zero-order valence-electron chi connectivity index (χ0n) is 9.54. The third-order valence-corrected chi connectivity index (χ3v) is 4.55. The van der Waals surface area contributed by atoms with Crippen LogP contribution in [0.1, 0.15) is 6.92 Å². The number of ether oxygens (including phenoxy) is 1. The molecule has 1 aliphatic heterocycles. The maximum absolute atomic E-state index is 12.3. The van der Waals surface area contributed by atoms with Crippen LogP contribution < -0.4 is 5.73 Å². The molecule has 1 saturated heterocycles. The van der Waals surface area contributed by atoms with E-state index in [2.05, 4.69) is 4.98 Å². The molecular formula is C10H15N3O3S. The minimum Gasteiger partial charge on any atom is -0.398 e. The molecular weight excluding hydrogens is 242 g/mol. The summed E-state index contributed by atoms with van der Waals surface area (Å²) in [5.74, 6) is 0. The Kier molecular flexibility index (Phi) is 3.32. The van der Waals surface area contributed by atoms with Crippen LogP contribution in [0, 0.1) is 0 Å². The molecule has 0 aromatic carbocycles. The molecule has 0 radical (unpaired) electrons. The van der Waals surface area contributed by atoms with Gasteiger partial charge in [-0.2, -0.15) is 4.31 Å². The minimum absolute atomic E-state index is 0.0640. The lowest BCUT2D eigenvalue weighted by Gasteiger charge is -2.30. The summed E-state index contributed by atoms with van der Waals surface area (Å²) in [5.41, 5.74) is 5.89. The van der Waals surface area contributed by atoms with E-state index in [9.17, 15) is 8.42 Å². The zero-order chi connectivity index (χ0) is 12.5. The Balaban J connectivity index is 2.33. The lowest BCUT2D eigenvalue weighted by atomic mass is 10.3. The second kappa shape index (κ2) is 4.59. The highest BCUT2D eigenvalue weighted by molar-refractivity contribution is 7.89. The van der Waals surface area contributed by atoms with E-state index in [1.807, 2.05) is 6.92 Å². The molecule has 7 heteroatoms. The second-order valence-corrected chi connectivity index (χ2v) is 5.86. The predicted octanol–water partition coefficient (Wildman–Crippen LogP) is 0.0732. The van der Waals surface area contributed by atoms with Crippen molar-refractivity contribution in [2.24, 2.45) is 0 Å². The van der Waals surface area contributed by atoms with Crippen molar-refractivity contribution < 1.29 is 13.2 Å². The van der Waals surface area contributed by atoms with E-state index in [0.717, 1.165) is 0 Å². The first-order valence-electron chi connectivity index (χ1n) is 5.33. The van der Waals surface area contributed by atoms with Gasteiger partial charge in [-0.3, -0.25) is 4.98 Å². The lowest BCUT2D eigenvalue weighted by Crippen LogP contribution is -2.44. The first-order chi connectivity index (χ1) is 8.01. The van der Waals surface area contributed by atoms with Crippen molar-refractivity contribution in [3.63, 3.8) is 0 Å². The van der Waals surface area contributed by atoms with Crippen molar-refractivity contribution >= 4 is 15.7 Å². The Hall–Kier alpha value is -1.18. The Morgan fingerprint density at radius 2 is 2.35 bits per heavy atom. The molecule has 1 atom stereocenters. The van der Waals surface area contributed by atoms with E-state index >= 15 is 0 Å². The number of nitrogens with zero attached hydrogens (tertiary/aromatic N) is 2. The van der Waals surface area contributed by atoms with Gasteiger partial charge in [-0.1, -0.05) is 0 Å². The number of sulfonamides is 1. The van der Waals surface area contributed by atoms with Crippen molar-refractivity contribution in [3.05, 3.63) is 18.5 Å². The highest BCUT2D eigenvalue weighted by Crippen LogP contribution is 2.22. The summed E-state index contributed by atoms with van der Waals surface area (Å²) in [6.45, 7) is 2.94. The van der Waals surface area contributed by atoms with E-state index in [1.54, 1.807) is 0 Å². The number of anilines is 1. The fourth-order valence-corrected chi connectivity index (χ4v) is 3.31. The van der Waals surface area contributed by atoms with Crippen LogP contribution in [0.5, 0.6) is 0 Å². The number of morpholine rings is 1. The normalized spacial score (nSPS) is 22.5. The van der Waals surface area contributed by atoms with Crippen molar-refractivity contribution in [1.82, 2.24) is 9.29 Å². The first-order valence-corrected chi connectivity index (χ1v) is 6.77. The molecule has 0 spiro atoms. The Bertz CT molecular complexity index is 503. The summed E-state index contributed by atoms with van der Waals surface area (Å²) in [6, 6.07) is 1.48. The number of hydrogen-bond acceptors (Lipinski definition) is 5. The summed E-state index contributed by atoms with van der Waals surface area (Å²) in [5, 5.41) is 0. The van der Waals surface area contributed by atoms with Crippen LogP contribution in [-0.2, 0) is 14.8 Å². The minimum atomic E-state index is -3.56. The average Bonchev–Trinajstić information content (AvgIpc) is 2.29. The predicted molar refractivity (Wildman–Crippen MR) is 62.8 cm³/mol. The molecule has 2 rings (SSSR count). The summed E-state index contributed by atoms with van der Waals surface area (Å²) in [7, 11) is -3.56. The van der Waals surface area contributed by atoms with E-state index in [-0.39, 0.29) is 16.7 Å². The number of pyridine rings is 1. The van der Waals surface area contributed by atoms with Crippen LogP contribution in [0.4, 0.5) is 5.69 Å². The highest BCUT2D eigenvalue weighted by Gasteiger charge is 2.30. The van der Waals surface area contributed by atoms with Crippen LogP contribution in [0.25, 0.3) is 0 Å². The second-order valence-electron chi connectivity index (χ2n) is 3.96. The molecule has 1 aromatic heterocycles. The largest absolute Gasteiger partial charge is 0.398 e. The summed E-state index contributed by atoms with van der Waals surface area (Å²) in [4.78, 5) is 3.87. The maximum atomic E-state index is 12.3. The molecule has 1 fully saturated rings. The fraction of sp³-hybridized carbons (Fsp3) is 0.500. The molecule has 2 heterocycles. The summed E-state index contributed by atoms with van der Waals surface area (Å²) >= 11 is 0. The number of aromatic nitrogens is 1. The fourth-order valence-electron chi connectivity index (χ4n) is 1.75. The van der Waals surface area contributed by atoms with Crippen LogP contribution in [0.3, 0.4) is 0 Å². The molecule has 1 aromatic rings. The molecule has 0 bridgehead atoms. The van der Waals surface area contributed by atoms with Gasteiger partial charge in [0.25, 0.3) is 0 Å². The Morgan fingerprint density at radius 3 is 3.00 bits per heavy atom. The van der Waals surface area contributed by atoms with Gasteiger partial charge in [-0.25, -0.2) is 8.42 Å². The van der Waals surface area contributed by atoms with Crippen LogP contribution in [0.15, 0.2) is 23.4 Å². The van der Waals surface area contributed by atoms with Gasteiger partial charge >= 0.3 is 0 Å². The van der Waals surface area contributed by atoms with Crippen molar-refractivity contribution in [1.29, 1.82) is 0 Å². The van der Waals surface area contributed by atoms with E-state index < -0.39 is 10.0 Å². The highest BCUT2D eigenvalue weighted by atomic mass is 32.2. The number of nitrogens with two attached hydrogens (primary N) is 1. The molecule has 1 aliphatic rings. The Morgan fingerprint density at radius 1 is 1.59 bits per heavy atom. The number of hydrogen-bond donors (Lipinski definition) is 1. The Labute approximate surface area is 100 Å². The molecule has 0 saturated carbocycles. The van der Waals surface area contributed by atoms with E-state index in [4.69, 9.17) is 10.5 Å². The van der Waals surface area contributed by atoms with Gasteiger partial charge in [0.15, 0.2) is 0 Å². The van der Waals surface area contributed by atoms with Gasteiger partial charge < -0.3 is 10.5 Å². The monoisotopic (exact) mass is 257 g/mol. The topological polar surface area (TPSA) is 85.5 Å². The van der Waals surface area contributed by atoms with Gasteiger partial charge in [0.2, 0.25) is 10.0 Å². The molecule has 94 valence electrons. The molecule has 0 aliphatic carbocycles. The van der Waals surface area contributed by atoms with Crippen LogP contribution in [0.2, 0.25) is 0 Å². The van der Waals surface area contributed by atoms with Gasteiger partial charge in [0.05, 0.1) is 18.4 Å². The maximum Gasteiger partial charge on any atom is 0.246 e. The molecule has 2 N–H and O–H groups in total. The van der Waals surface area contributed by atoms with Gasteiger partial charge in [-0.05, 0) is 13.0 Å².